The number of carbonyl (C=O) groups is 1. The van der Waals surface area contributed by atoms with E-state index in [9.17, 15) is 9.90 Å². The van der Waals surface area contributed by atoms with Gasteiger partial charge >= 0.3 is 0 Å². The van der Waals surface area contributed by atoms with E-state index >= 15 is 0 Å². The second kappa shape index (κ2) is 4.94. The minimum atomic E-state index is -0.644. The van der Waals surface area contributed by atoms with Crippen molar-refractivity contribution < 1.29 is 9.90 Å². The maximum Gasteiger partial charge on any atom is 0.254 e. The minimum Gasteiger partial charge on any atom is -0.390 e. The van der Waals surface area contributed by atoms with Crippen molar-refractivity contribution in [2.45, 2.75) is 31.8 Å². The van der Waals surface area contributed by atoms with Crippen LogP contribution >= 0.6 is 0 Å². The van der Waals surface area contributed by atoms with Gasteiger partial charge in [0.1, 0.15) is 0 Å². The lowest BCUT2D eigenvalue weighted by molar-refractivity contribution is 0.0438. The van der Waals surface area contributed by atoms with Crippen LogP contribution in [-0.4, -0.2) is 39.6 Å². The van der Waals surface area contributed by atoms with Gasteiger partial charge in [-0.15, -0.1) is 0 Å². The summed E-state index contributed by atoms with van der Waals surface area (Å²) in [6.07, 6.45) is 4.10. The van der Waals surface area contributed by atoms with Crippen molar-refractivity contribution in [3.05, 3.63) is 36.0 Å². The van der Waals surface area contributed by atoms with Crippen molar-refractivity contribution in [1.29, 1.82) is 0 Å². The summed E-state index contributed by atoms with van der Waals surface area (Å²) in [5.74, 6) is 0.0629. The predicted molar refractivity (Wildman–Crippen MR) is 78.7 cm³/mol. The standard InChI is InChI=1S/C16H20N2O2/c1-16(20)7-3-10-18(11-8-16)15(19)13-4-2-5-14-12(13)6-9-17-14/h2,4-6,9,17,20H,3,7-8,10-11H2,1H3. The lowest BCUT2D eigenvalue weighted by Crippen LogP contribution is -2.33. The van der Waals surface area contributed by atoms with Crippen LogP contribution in [0.5, 0.6) is 0 Å². The highest BCUT2D eigenvalue weighted by molar-refractivity contribution is 6.06. The Morgan fingerprint density at radius 1 is 1.30 bits per heavy atom. The Kier molecular flexibility index (Phi) is 3.26. The Balaban J connectivity index is 1.87. The fourth-order valence-electron chi connectivity index (χ4n) is 2.91. The van der Waals surface area contributed by atoms with Crippen molar-refractivity contribution in [2.24, 2.45) is 0 Å². The molecule has 1 aliphatic heterocycles. The van der Waals surface area contributed by atoms with Gasteiger partial charge in [0.15, 0.2) is 0 Å². The summed E-state index contributed by atoms with van der Waals surface area (Å²) in [5, 5.41) is 11.1. The number of aromatic amines is 1. The largest absolute Gasteiger partial charge is 0.390 e. The molecule has 1 atom stereocenters. The number of benzene rings is 1. The number of fused-ring (bicyclic) bond motifs is 1. The average molecular weight is 272 g/mol. The smallest absolute Gasteiger partial charge is 0.254 e. The van der Waals surface area contributed by atoms with Gasteiger partial charge in [0.25, 0.3) is 5.91 Å². The fourth-order valence-corrected chi connectivity index (χ4v) is 2.91. The number of rotatable bonds is 1. The Labute approximate surface area is 118 Å². The van der Waals surface area contributed by atoms with Gasteiger partial charge in [0.05, 0.1) is 5.60 Å². The first-order valence-corrected chi connectivity index (χ1v) is 7.15. The SMILES string of the molecule is CC1(O)CCCN(C(=O)c2cccc3[nH]ccc23)CC1. The summed E-state index contributed by atoms with van der Waals surface area (Å²) in [4.78, 5) is 17.7. The van der Waals surface area contributed by atoms with Crippen molar-refractivity contribution in [1.82, 2.24) is 9.88 Å². The van der Waals surface area contributed by atoms with E-state index in [1.54, 1.807) is 0 Å². The highest BCUT2D eigenvalue weighted by atomic mass is 16.3. The second-order valence-electron chi connectivity index (χ2n) is 5.89. The average Bonchev–Trinajstić information content (AvgIpc) is 2.82. The number of nitrogens with one attached hydrogen (secondary N) is 1. The molecule has 1 saturated heterocycles. The Morgan fingerprint density at radius 3 is 3.00 bits per heavy atom. The van der Waals surface area contributed by atoms with Crippen molar-refractivity contribution >= 4 is 16.8 Å². The molecule has 4 nitrogen and oxygen atoms in total. The van der Waals surface area contributed by atoms with Crippen LogP contribution in [0.3, 0.4) is 0 Å². The first kappa shape index (κ1) is 13.2. The third-order valence-electron chi connectivity index (χ3n) is 4.18. The highest BCUT2D eigenvalue weighted by Gasteiger charge is 2.27. The maximum absolute atomic E-state index is 12.7. The van der Waals surface area contributed by atoms with Crippen LogP contribution in [0.4, 0.5) is 0 Å². The van der Waals surface area contributed by atoms with Gasteiger partial charge in [-0.3, -0.25) is 4.79 Å². The Morgan fingerprint density at radius 2 is 2.15 bits per heavy atom. The van der Waals surface area contributed by atoms with Gasteiger partial charge in [-0.05, 0) is 44.4 Å². The van der Waals surface area contributed by atoms with E-state index < -0.39 is 5.60 Å². The summed E-state index contributed by atoms with van der Waals surface area (Å²) >= 11 is 0. The summed E-state index contributed by atoms with van der Waals surface area (Å²) in [7, 11) is 0. The van der Waals surface area contributed by atoms with Crippen LogP contribution in [0.15, 0.2) is 30.5 Å². The number of nitrogens with zero attached hydrogens (tertiary/aromatic N) is 1. The molecule has 0 aliphatic carbocycles. The van der Waals surface area contributed by atoms with Crippen molar-refractivity contribution in [3.8, 4) is 0 Å². The molecule has 0 saturated carbocycles. The van der Waals surface area contributed by atoms with E-state index in [-0.39, 0.29) is 5.91 Å². The summed E-state index contributed by atoms with van der Waals surface area (Å²) in [6.45, 7) is 3.19. The van der Waals surface area contributed by atoms with Gasteiger partial charge in [-0.2, -0.15) is 0 Å². The number of amides is 1. The minimum absolute atomic E-state index is 0.0629. The molecule has 4 heteroatoms. The highest BCUT2D eigenvalue weighted by Crippen LogP contribution is 2.24. The number of hydrogen-bond acceptors (Lipinski definition) is 2. The molecular weight excluding hydrogens is 252 g/mol. The first-order chi connectivity index (χ1) is 9.57. The monoisotopic (exact) mass is 272 g/mol. The van der Waals surface area contributed by atoms with Crippen LogP contribution in [0, 0.1) is 0 Å². The van der Waals surface area contributed by atoms with E-state index in [2.05, 4.69) is 4.98 Å². The topological polar surface area (TPSA) is 56.3 Å². The van der Waals surface area contributed by atoms with Crippen LogP contribution in [0.2, 0.25) is 0 Å². The Bertz CT molecular complexity index is 630. The number of aliphatic hydroxyl groups is 1. The molecule has 106 valence electrons. The van der Waals surface area contributed by atoms with E-state index in [0.29, 0.717) is 13.0 Å². The molecule has 0 radical (unpaired) electrons. The molecule has 0 spiro atoms. The zero-order valence-corrected chi connectivity index (χ0v) is 11.7. The van der Waals surface area contributed by atoms with Gasteiger partial charge in [0, 0.05) is 35.8 Å². The van der Waals surface area contributed by atoms with Gasteiger partial charge in [-0.25, -0.2) is 0 Å². The third kappa shape index (κ3) is 2.43. The molecule has 1 unspecified atom stereocenters. The normalized spacial score (nSPS) is 23.8. The molecule has 2 aromatic rings. The lowest BCUT2D eigenvalue weighted by atomic mass is 9.98. The molecule has 1 aliphatic rings. The molecule has 2 heterocycles. The maximum atomic E-state index is 12.7. The fraction of sp³-hybridized carbons (Fsp3) is 0.438. The first-order valence-electron chi connectivity index (χ1n) is 7.15. The number of hydrogen-bond donors (Lipinski definition) is 2. The van der Waals surface area contributed by atoms with Crippen LogP contribution in [0.25, 0.3) is 10.9 Å². The molecule has 1 amide bonds. The molecule has 1 aromatic carbocycles. The van der Waals surface area contributed by atoms with Gasteiger partial charge < -0.3 is 15.0 Å². The molecule has 1 fully saturated rings. The number of likely N-dealkylation sites (tertiary alicyclic amines) is 1. The van der Waals surface area contributed by atoms with Crippen LogP contribution in [0.1, 0.15) is 36.5 Å². The number of aromatic nitrogens is 1. The molecule has 20 heavy (non-hydrogen) atoms. The number of H-pyrrole nitrogens is 1. The van der Waals surface area contributed by atoms with Crippen LogP contribution in [-0.2, 0) is 0 Å². The summed E-state index contributed by atoms with van der Waals surface area (Å²) < 4.78 is 0. The quantitative estimate of drug-likeness (QED) is 0.838. The van der Waals surface area contributed by atoms with Crippen molar-refractivity contribution in [3.63, 3.8) is 0 Å². The van der Waals surface area contributed by atoms with E-state index in [1.165, 1.54) is 0 Å². The summed E-state index contributed by atoms with van der Waals surface area (Å²) in [6, 6.07) is 7.69. The molecule has 1 aromatic heterocycles. The van der Waals surface area contributed by atoms with E-state index in [1.807, 2.05) is 42.3 Å². The molecule has 2 N–H and O–H groups in total. The van der Waals surface area contributed by atoms with Crippen LogP contribution < -0.4 is 0 Å². The molecule has 3 rings (SSSR count). The zero-order valence-electron chi connectivity index (χ0n) is 11.7. The summed E-state index contributed by atoms with van der Waals surface area (Å²) in [5.41, 5.74) is 1.08. The van der Waals surface area contributed by atoms with E-state index in [4.69, 9.17) is 0 Å². The van der Waals surface area contributed by atoms with Crippen molar-refractivity contribution in [2.75, 3.05) is 13.1 Å². The molecular formula is C16H20N2O2. The Hall–Kier alpha value is -1.81. The van der Waals surface area contributed by atoms with E-state index in [0.717, 1.165) is 35.9 Å². The lowest BCUT2D eigenvalue weighted by Gasteiger charge is -2.23. The predicted octanol–water partition coefficient (Wildman–Crippen LogP) is 2.55. The third-order valence-corrected chi connectivity index (χ3v) is 4.18. The number of carbonyl (C=O) groups excluding carboxylic acids is 1. The second-order valence-corrected chi connectivity index (χ2v) is 5.89. The molecule has 0 bridgehead atoms. The van der Waals surface area contributed by atoms with Gasteiger partial charge in [-0.1, -0.05) is 6.07 Å². The van der Waals surface area contributed by atoms with Gasteiger partial charge in [0.2, 0.25) is 0 Å². The zero-order chi connectivity index (χ0) is 14.2.